The quantitative estimate of drug-likeness (QED) is 0.382. The van der Waals surface area contributed by atoms with E-state index >= 15 is 0 Å². The predicted octanol–water partition coefficient (Wildman–Crippen LogP) is 6.80. The van der Waals surface area contributed by atoms with Crippen molar-refractivity contribution in [1.29, 1.82) is 0 Å². The molecule has 3 aromatic rings. The highest BCUT2D eigenvalue weighted by Crippen LogP contribution is 2.53. The maximum absolute atomic E-state index is 14.0. The van der Waals surface area contributed by atoms with Gasteiger partial charge in [0.1, 0.15) is 17.3 Å². The second-order valence-corrected chi connectivity index (χ2v) is 7.97. The lowest BCUT2D eigenvalue weighted by atomic mass is 9.85. The first-order valence-electron chi connectivity index (χ1n) is 10.1. The van der Waals surface area contributed by atoms with E-state index in [1.54, 1.807) is 13.0 Å². The van der Waals surface area contributed by atoms with Crippen LogP contribution in [-0.2, 0) is 10.3 Å². The summed E-state index contributed by atoms with van der Waals surface area (Å²) >= 11 is 5.71. The summed E-state index contributed by atoms with van der Waals surface area (Å²) in [4.78, 5) is 16.7. The van der Waals surface area contributed by atoms with Crippen molar-refractivity contribution in [2.45, 2.75) is 25.1 Å². The van der Waals surface area contributed by atoms with Crippen LogP contribution in [-0.4, -0.2) is 23.8 Å². The van der Waals surface area contributed by atoms with Gasteiger partial charge in [0.05, 0.1) is 12.3 Å². The number of aryl methyl sites for hydroxylation is 1. The van der Waals surface area contributed by atoms with Crippen LogP contribution >= 0.6 is 11.6 Å². The molecule has 1 aromatic heterocycles. The number of nitrogens with one attached hydrogen (secondary N) is 2. The monoisotopic (exact) mass is 495 g/mol. The average Bonchev–Trinajstić information content (AvgIpc) is 2.71. The number of carbonyl (C=O) groups excluding carboxylic acids is 1. The lowest BCUT2D eigenvalue weighted by Gasteiger charge is -2.43. The van der Waals surface area contributed by atoms with E-state index in [1.807, 2.05) is 0 Å². The van der Waals surface area contributed by atoms with E-state index in [0.29, 0.717) is 5.69 Å². The molecule has 0 bridgehead atoms. The smallest absolute Gasteiger partial charge is 0.421 e. The fraction of sp³-hybridized carbons (Fsp3) is 0.217. The van der Waals surface area contributed by atoms with Gasteiger partial charge < -0.3 is 20.1 Å². The Balaban J connectivity index is 1.61. The van der Waals surface area contributed by atoms with Crippen LogP contribution in [0.5, 0.6) is 11.6 Å². The summed E-state index contributed by atoms with van der Waals surface area (Å²) < 4.78 is 66.3. The molecule has 34 heavy (non-hydrogen) atoms. The Hall–Kier alpha value is -3.37. The average molecular weight is 496 g/mol. The lowest BCUT2D eigenvalue weighted by molar-refractivity contribution is -0.333. The number of para-hydroxylation sites is 1. The Morgan fingerprint density at radius 2 is 1.79 bits per heavy atom. The number of nitrogens with zero attached hydrogens (tertiary/aromatic N) is 1. The standard InChI is InChI=1S/C23H18ClF4N3O3/c1-13-6-8-18(31-21(32)30-17-9-7-14(24)12-16(17)25)20(29-13)34-19-5-3-2-4-15(19)22(10-11-33-22)23(26,27)28/h2-9,12H,10-11H2,1H3,(H2,30,31,32). The van der Waals surface area contributed by atoms with Crippen molar-refractivity contribution in [3.05, 3.63) is 76.7 Å². The molecule has 0 radical (unpaired) electrons. The summed E-state index contributed by atoms with van der Waals surface area (Å²) in [5, 5.41) is 4.96. The molecule has 11 heteroatoms. The number of halogens is 5. The van der Waals surface area contributed by atoms with Crippen LogP contribution in [0.25, 0.3) is 0 Å². The summed E-state index contributed by atoms with van der Waals surface area (Å²) in [5.41, 5.74) is -2.25. The van der Waals surface area contributed by atoms with Crippen molar-refractivity contribution in [3.63, 3.8) is 0 Å². The van der Waals surface area contributed by atoms with E-state index in [1.165, 1.54) is 42.5 Å². The van der Waals surface area contributed by atoms with Crippen molar-refractivity contribution in [2.24, 2.45) is 0 Å². The van der Waals surface area contributed by atoms with Crippen LogP contribution in [0.2, 0.25) is 5.02 Å². The second kappa shape index (κ2) is 9.11. The van der Waals surface area contributed by atoms with Gasteiger partial charge in [0, 0.05) is 22.7 Å². The molecule has 4 rings (SSSR count). The number of rotatable bonds is 5. The predicted molar refractivity (Wildman–Crippen MR) is 118 cm³/mol. The van der Waals surface area contributed by atoms with Crippen LogP contribution in [0.4, 0.5) is 33.7 Å². The number of alkyl halides is 3. The summed E-state index contributed by atoms with van der Waals surface area (Å²) in [7, 11) is 0. The number of aromatic nitrogens is 1. The maximum atomic E-state index is 14.0. The molecule has 0 aliphatic carbocycles. The highest BCUT2D eigenvalue weighted by molar-refractivity contribution is 6.30. The SMILES string of the molecule is Cc1ccc(NC(=O)Nc2ccc(Cl)cc2F)c(Oc2ccccc2C2(C(F)(F)F)CCO2)n1. The van der Waals surface area contributed by atoms with E-state index in [4.69, 9.17) is 21.1 Å². The van der Waals surface area contributed by atoms with Crippen molar-refractivity contribution >= 4 is 29.0 Å². The van der Waals surface area contributed by atoms with Crippen molar-refractivity contribution < 1.29 is 31.8 Å². The van der Waals surface area contributed by atoms with Gasteiger partial charge in [0.25, 0.3) is 0 Å². The molecule has 1 aliphatic heterocycles. The van der Waals surface area contributed by atoms with Gasteiger partial charge in [-0.15, -0.1) is 0 Å². The van der Waals surface area contributed by atoms with Crippen LogP contribution in [0.15, 0.2) is 54.6 Å². The van der Waals surface area contributed by atoms with Gasteiger partial charge in [0.2, 0.25) is 5.88 Å². The molecule has 1 aliphatic rings. The number of hydrogen-bond donors (Lipinski definition) is 2. The Morgan fingerprint density at radius 3 is 2.44 bits per heavy atom. The Morgan fingerprint density at radius 1 is 1.12 bits per heavy atom. The number of ether oxygens (including phenoxy) is 2. The van der Waals surface area contributed by atoms with Crippen LogP contribution in [0.1, 0.15) is 17.7 Å². The van der Waals surface area contributed by atoms with Gasteiger partial charge >= 0.3 is 12.2 Å². The highest BCUT2D eigenvalue weighted by atomic mass is 35.5. The minimum absolute atomic E-state index is 0.0369. The molecule has 2 N–H and O–H groups in total. The van der Waals surface area contributed by atoms with Gasteiger partial charge in [-0.2, -0.15) is 13.2 Å². The maximum Gasteiger partial charge on any atom is 0.421 e. The van der Waals surface area contributed by atoms with Gasteiger partial charge in [-0.25, -0.2) is 14.2 Å². The van der Waals surface area contributed by atoms with Crippen molar-refractivity contribution in [2.75, 3.05) is 17.2 Å². The minimum atomic E-state index is -4.66. The first kappa shape index (κ1) is 23.8. The zero-order valence-electron chi connectivity index (χ0n) is 17.7. The van der Waals surface area contributed by atoms with Crippen molar-refractivity contribution in [1.82, 2.24) is 4.98 Å². The van der Waals surface area contributed by atoms with Crippen LogP contribution < -0.4 is 15.4 Å². The third kappa shape index (κ3) is 4.64. The zero-order chi connectivity index (χ0) is 24.5. The summed E-state index contributed by atoms with van der Waals surface area (Å²) in [6.07, 6.45) is -4.91. The molecule has 6 nitrogen and oxygen atoms in total. The summed E-state index contributed by atoms with van der Waals surface area (Å²) in [6.45, 7) is 1.61. The first-order chi connectivity index (χ1) is 16.1. The van der Waals surface area contributed by atoms with E-state index in [-0.39, 0.29) is 46.6 Å². The molecule has 2 aromatic carbocycles. The largest absolute Gasteiger partial charge is 0.437 e. The Labute approximate surface area is 196 Å². The molecule has 1 saturated heterocycles. The fourth-order valence-electron chi connectivity index (χ4n) is 3.46. The Kier molecular flexibility index (Phi) is 6.37. The van der Waals surface area contributed by atoms with E-state index in [9.17, 15) is 22.4 Å². The third-order valence-corrected chi connectivity index (χ3v) is 5.45. The van der Waals surface area contributed by atoms with Gasteiger partial charge in [-0.05, 0) is 43.3 Å². The second-order valence-electron chi connectivity index (χ2n) is 7.53. The first-order valence-corrected chi connectivity index (χ1v) is 10.5. The molecule has 1 fully saturated rings. The van der Waals surface area contributed by atoms with Crippen LogP contribution in [0.3, 0.4) is 0 Å². The third-order valence-electron chi connectivity index (χ3n) is 5.22. The van der Waals surface area contributed by atoms with E-state index in [0.717, 1.165) is 6.07 Å². The topological polar surface area (TPSA) is 72.5 Å². The number of pyridine rings is 1. The summed E-state index contributed by atoms with van der Waals surface area (Å²) in [6, 6.07) is 11.6. The lowest BCUT2D eigenvalue weighted by Crippen LogP contribution is -2.52. The number of hydrogen-bond acceptors (Lipinski definition) is 4. The number of amides is 2. The molecule has 0 spiro atoms. The molecule has 2 amide bonds. The Bertz CT molecular complexity index is 1230. The molecule has 1 atom stereocenters. The van der Waals surface area contributed by atoms with Gasteiger partial charge in [-0.3, -0.25) is 0 Å². The van der Waals surface area contributed by atoms with Crippen molar-refractivity contribution in [3.8, 4) is 11.6 Å². The molecular formula is C23H18ClF4N3O3. The number of benzene rings is 2. The number of anilines is 2. The van der Waals surface area contributed by atoms with Gasteiger partial charge in [0.15, 0.2) is 5.60 Å². The normalized spacial score (nSPS) is 17.6. The molecule has 2 heterocycles. The number of carbonyl (C=O) groups is 1. The molecule has 0 saturated carbocycles. The number of urea groups is 1. The van der Waals surface area contributed by atoms with E-state index < -0.39 is 23.6 Å². The zero-order valence-corrected chi connectivity index (χ0v) is 18.4. The molecule has 178 valence electrons. The van der Waals surface area contributed by atoms with Gasteiger partial charge in [-0.1, -0.05) is 29.8 Å². The van der Waals surface area contributed by atoms with Crippen LogP contribution in [0, 0.1) is 12.7 Å². The summed E-state index contributed by atoms with van der Waals surface area (Å²) in [5.74, 6) is -1.01. The molecular weight excluding hydrogens is 478 g/mol. The highest BCUT2D eigenvalue weighted by Gasteiger charge is 2.62. The minimum Gasteiger partial charge on any atom is -0.437 e. The van der Waals surface area contributed by atoms with E-state index in [2.05, 4.69) is 15.6 Å². The molecule has 1 unspecified atom stereocenters. The fourth-order valence-corrected chi connectivity index (χ4v) is 3.62.